The summed E-state index contributed by atoms with van der Waals surface area (Å²) in [6.45, 7) is 0.694. The Kier molecular flexibility index (Phi) is 2.35. The normalized spacial score (nSPS) is 15.5. The van der Waals surface area contributed by atoms with E-state index in [1.807, 2.05) is 30.3 Å². The van der Waals surface area contributed by atoms with E-state index < -0.39 is 0 Å². The van der Waals surface area contributed by atoms with Gasteiger partial charge in [-0.05, 0) is 46.9 Å². The van der Waals surface area contributed by atoms with Crippen LogP contribution in [0.15, 0.2) is 36.4 Å². The van der Waals surface area contributed by atoms with Crippen molar-refractivity contribution in [3.8, 4) is 0 Å². The Morgan fingerprint density at radius 2 is 1.92 bits per heavy atom. The monoisotopic (exact) mass is 285 g/mol. The van der Waals surface area contributed by atoms with Crippen molar-refractivity contribution in [1.29, 1.82) is 0 Å². The summed E-state index contributed by atoms with van der Waals surface area (Å²) in [5, 5.41) is 0. The second-order valence-corrected chi connectivity index (χ2v) is 4.07. The number of halogens is 1. The van der Waals surface area contributed by atoms with Crippen LogP contribution in [0, 0.1) is 3.57 Å². The SMILES string of the molecule is O=C1C=CCN1c1ccc(I)cc1. The van der Waals surface area contributed by atoms with Crippen molar-refractivity contribution in [3.63, 3.8) is 0 Å². The molecule has 0 radical (unpaired) electrons. The molecule has 2 nitrogen and oxygen atoms in total. The van der Waals surface area contributed by atoms with Crippen molar-refractivity contribution in [3.05, 3.63) is 40.0 Å². The first-order chi connectivity index (χ1) is 6.27. The first kappa shape index (κ1) is 8.74. The zero-order chi connectivity index (χ0) is 9.26. The summed E-state index contributed by atoms with van der Waals surface area (Å²) in [5.74, 6) is 0.0706. The van der Waals surface area contributed by atoms with Gasteiger partial charge in [0.15, 0.2) is 0 Å². The molecule has 0 unspecified atom stereocenters. The molecule has 13 heavy (non-hydrogen) atoms. The van der Waals surface area contributed by atoms with E-state index in [1.165, 1.54) is 3.57 Å². The minimum Gasteiger partial charge on any atom is -0.305 e. The van der Waals surface area contributed by atoms with E-state index in [2.05, 4.69) is 22.6 Å². The van der Waals surface area contributed by atoms with Crippen molar-refractivity contribution in [2.45, 2.75) is 0 Å². The van der Waals surface area contributed by atoms with Gasteiger partial charge in [0, 0.05) is 21.9 Å². The fraction of sp³-hybridized carbons (Fsp3) is 0.100. The van der Waals surface area contributed by atoms with Gasteiger partial charge in [-0.25, -0.2) is 0 Å². The van der Waals surface area contributed by atoms with Crippen LogP contribution in [0.25, 0.3) is 0 Å². The zero-order valence-corrected chi connectivity index (χ0v) is 9.06. The molecule has 1 aromatic carbocycles. The van der Waals surface area contributed by atoms with Crippen LogP contribution in [-0.4, -0.2) is 12.5 Å². The number of carbonyl (C=O) groups is 1. The summed E-state index contributed by atoms with van der Waals surface area (Å²) in [7, 11) is 0. The number of anilines is 1. The molecule has 0 bridgehead atoms. The van der Waals surface area contributed by atoms with Gasteiger partial charge in [0.1, 0.15) is 0 Å². The Balaban J connectivity index is 2.26. The smallest absolute Gasteiger partial charge is 0.251 e. The molecule has 0 saturated heterocycles. The molecule has 1 heterocycles. The maximum absolute atomic E-state index is 11.3. The maximum Gasteiger partial charge on any atom is 0.251 e. The lowest BCUT2D eigenvalue weighted by atomic mass is 10.3. The highest BCUT2D eigenvalue weighted by Crippen LogP contribution is 2.18. The van der Waals surface area contributed by atoms with Gasteiger partial charge in [-0.3, -0.25) is 4.79 Å². The van der Waals surface area contributed by atoms with E-state index in [1.54, 1.807) is 11.0 Å². The lowest BCUT2D eigenvalue weighted by Crippen LogP contribution is -2.24. The number of benzene rings is 1. The van der Waals surface area contributed by atoms with Gasteiger partial charge in [-0.15, -0.1) is 0 Å². The molecule has 0 N–H and O–H groups in total. The molecule has 1 aliphatic rings. The summed E-state index contributed by atoms with van der Waals surface area (Å²) >= 11 is 2.25. The average molecular weight is 285 g/mol. The fourth-order valence-corrected chi connectivity index (χ4v) is 1.65. The van der Waals surface area contributed by atoms with E-state index >= 15 is 0 Å². The highest BCUT2D eigenvalue weighted by molar-refractivity contribution is 14.1. The van der Waals surface area contributed by atoms with Gasteiger partial charge in [0.25, 0.3) is 5.91 Å². The molecule has 2 rings (SSSR count). The van der Waals surface area contributed by atoms with Crippen LogP contribution in [0.1, 0.15) is 0 Å². The number of rotatable bonds is 1. The molecule has 0 saturated carbocycles. The molecule has 1 amide bonds. The third kappa shape index (κ3) is 1.75. The van der Waals surface area contributed by atoms with Crippen LogP contribution in [0.5, 0.6) is 0 Å². The summed E-state index contributed by atoms with van der Waals surface area (Å²) < 4.78 is 1.18. The van der Waals surface area contributed by atoms with E-state index in [0.29, 0.717) is 6.54 Å². The van der Waals surface area contributed by atoms with Crippen LogP contribution >= 0.6 is 22.6 Å². The molecule has 0 atom stereocenters. The Hall–Kier alpha value is -0.840. The van der Waals surface area contributed by atoms with Gasteiger partial charge >= 0.3 is 0 Å². The fourth-order valence-electron chi connectivity index (χ4n) is 1.29. The minimum atomic E-state index is 0.0706. The van der Waals surface area contributed by atoms with E-state index in [4.69, 9.17) is 0 Å². The van der Waals surface area contributed by atoms with Crippen LogP contribution < -0.4 is 4.90 Å². The zero-order valence-electron chi connectivity index (χ0n) is 6.90. The summed E-state index contributed by atoms with van der Waals surface area (Å²) in [6.07, 6.45) is 3.48. The summed E-state index contributed by atoms with van der Waals surface area (Å²) in [4.78, 5) is 13.0. The lowest BCUT2D eigenvalue weighted by Gasteiger charge is -2.15. The Morgan fingerprint density at radius 1 is 1.23 bits per heavy atom. The number of hydrogen-bond donors (Lipinski definition) is 0. The quantitative estimate of drug-likeness (QED) is 0.724. The maximum atomic E-state index is 11.3. The first-order valence-corrected chi connectivity index (χ1v) is 5.09. The molecule has 0 fully saturated rings. The third-order valence-corrected chi connectivity index (χ3v) is 2.67. The average Bonchev–Trinajstić information content (AvgIpc) is 2.53. The van der Waals surface area contributed by atoms with Crippen molar-refractivity contribution in [1.82, 2.24) is 0 Å². The van der Waals surface area contributed by atoms with Crippen LogP contribution in [-0.2, 0) is 4.79 Å². The molecule has 1 aliphatic heterocycles. The van der Waals surface area contributed by atoms with Crippen LogP contribution in [0.4, 0.5) is 5.69 Å². The second-order valence-electron chi connectivity index (χ2n) is 2.83. The van der Waals surface area contributed by atoms with Crippen molar-refractivity contribution < 1.29 is 4.79 Å². The molecule has 0 spiro atoms. The van der Waals surface area contributed by atoms with Crippen LogP contribution in [0.2, 0.25) is 0 Å². The predicted molar refractivity (Wildman–Crippen MR) is 60.7 cm³/mol. The van der Waals surface area contributed by atoms with Gasteiger partial charge in [-0.2, -0.15) is 0 Å². The summed E-state index contributed by atoms with van der Waals surface area (Å²) in [6, 6.07) is 7.93. The Bertz CT molecular complexity index is 356. The molecule has 3 heteroatoms. The van der Waals surface area contributed by atoms with Gasteiger partial charge in [0.2, 0.25) is 0 Å². The summed E-state index contributed by atoms with van der Waals surface area (Å²) in [5.41, 5.74) is 0.968. The van der Waals surface area contributed by atoms with Crippen molar-refractivity contribution in [2.75, 3.05) is 11.4 Å². The highest BCUT2D eigenvalue weighted by Gasteiger charge is 2.15. The third-order valence-electron chi connectivity index (χ3n) is 1.95. The highest BCUT2D eigenvalue weighted by atomic mass is 127. The number of carbonyl (C=O) groups excluding carboxylic acids is 1. The van der Waals surface area contributed by atoms with Gasteiger partial charge in [-0.1, -0.05) is 6.08 Å². The van der Waals surface area contributed by atoms with Crippen molar-refractivity contribution >= 4 is 34.2 Å². The van der Waals surface area contributed by atoms with E-state index in [9.17, 15) is 4.79 Å². The number of amides is 1. The van der Waals surface area contributed by atoms with E-state index in [0.717, 1.165) is 5.69 Å². The number of nitrogens with zero attached hydrogens (tertiary/aromatic N) is 1. The number of hydrogen-bond acceptors (Lipinski definition) is 1. The largest absolute Gasteiger partial charge is 0.305 e. The van der Waals surface area contributed by atoms with Gasteiger partial charge < -0.3 is 4.90 Å². The predicted octanol–water partition coefficient (Wildman–Crippen LogP) is 2.19. The lowest BCUT2D eigenvalue weighted by molar-refractivity contribution is -0.113. The second kappa shape index (κ2) is 3.49. The minimum absolute atomic E-state index is 0.0706. The molecule has 66 valence electrons. The first-order valence-electron chi connectivity index (χ1n) is 4.01. The Morgan fingerprint density at radius 3 is 2.46 bits per heavy atom. The standard InChI is InChI=1S/C10H8INO/c11-8-3-5-9(6-4-8)12-7-1-2-10(12)13/h1-6H,7H2. The van der Waals surface area contributed by atoms with E-state index in [-0.39, 0.29) is 5.91 Å². The van der Waals surface area contributed by atoms with Crippen LogP contribution in [0.3, 0.4) is 0 Å². The molecular formula is C10H8INO. The molecule has 0 aliphatic carbocycles. The molecule has 0 aromatic heterocycles. The Labute approximate surface area is 90.4 Å². The van der Waals surface area contributed by atoms with Crippen molar-refractivity contribution in [2.24, 2.45) is 0 Å². The topological polar surface area (TPSA) is 20.3 Å². The molecule has 1 aromatic rings. The molecular weight excluding hydrogens is 277 g/mol. The van der Waals surface area contributed by atoms with Gasteiger partial charge in [0.05, 0.1) is 0 Å².